The van der Waals surface area contributed by atoms with Crippen LogP contribution in [0.5, 0.6) is 17.2 Å². The Balaban J connectivity index is 1.64. The number of hydrogen-bond donors (Lipinski definition) is 2. The molecule has 6 heteroatoms. The van der Waals surface area contributed by atoms with E-state index in [-0.39, 0.29) is 11.7 Å². The highest BCUT2D eigenvalue weighted by atomic mass is 16.5. The molecule has 1 atom stereocenters. The number of aryl methyl sites for hydroxylation is 2. The van der Waals surface area contributed by atoms with Crippen LogP contribution in [0.15, 0.2) is 79.4 Å². The normalized spacial score (nSPS) is 14.8. The monoisotopic (exact) mass is 451 g/mol. The van der Waals surface area contributed by atoms with Crippen LogP contribution < -0.4 is 4.74 Å². The SMILES string of the molecule is C=CCN1C(=O)c2[nH]nc(-c3cc(C)cc(C)c3O)c2C1c1cccc(Oc2ccccc2)c1. The second-order valence-electron chi connectivity index (χ2n) is 8.48. The number of amides is 1. The molecule has 170 valence electrons. The second-order valence-corrected chi connectivity index (χ2v) is 8.48. The number of carbonyl (C=O) groups is 1. The van der Waals surface area contributed by atoms with Crippen LogP contribution in [-0.2, 0) is 0 Å². The number of para-hydroxylation sites is 1. The van der Waals surface area contributed by atoms with Crippen molar-refractivity contribution >= 4 is 5.91 Å². The summed E-state index contributed by atoms with van der Waals surface area (Å²) in [4.78, 5) is 15.1. The van der Waals surface area contributed by atoms with Crippen molar-refractivity contribution in [3.63, 3.8) is 0 Å². The molecule has 0 saturated heterocycles. The first-order valence-electron chi connectivity index (χ1n) is 11.1. The number of aromatic hydroxyl groups is 1. The summed E-state index contributed by atoms with van der Waals surface area (Å²) in [7, 11) is 0. The molecule has 0 spiro atoms. The zero-order valence-corrected chi connectivity index (χ0v) is 19.1. The van der Waals surface area contributed by atoms with E-state index in [1.54, 1.807) is 11.0 Å². The van der Waals surface area contributed by atoms with Gasteiger partial charge in [-0.05, 0) is 60.9 Å². The van der Waals surface area contributed by atoms with E-state index >= 15 is 0 Å². The zero-order chi connectivity index (χ0) is 23.8. The Morgan fingerprint density at radius 2 is 1.85 bits per heavy atom. The summed E-state index contributed by atoms with van der Waals surface area (Å²) in [6, 6.07) is 20.7. The first-order valence-corrected chi connectivity index (χ1v) is 11.1. The molecule has 1 aromatic heterocycles. The Morgan fingerprint density at radius 3 is 2.62 bits per heavy atom. The maximum Gasteiger partial charge on any atom is 0.273 e. The summed E-state index contributed by atoms with van der Waals surface area (Å²) >= 11 is 0. The largest absolute Gasteiger partial charge is 0.507 e. The third-order valence-corrected chi connectivity index (χ3v) is 6.04. The van der Waals surface area contributed by atoms with Gasteiger partial charge in [0.1, 0.15) is 28.6 Å². The van der Waals surface area contributed by atoms with Gasteiger partial charge in [0.15, 0.2) is 0 Å². The Labute approximate surface area is 198 Å². The molecule has 4 aromatic rings. The van der Waals surface area contributed by atoms with Gasteiger partial charge in [0.05, 0.1) is 6.04 Å². The van der Waals surface area contributed by atoms with Crippen LogP contribution >= 0.6 is 0 Å². The summed E-state index contributed by atoms with van der Waals surface area (Å²) < 4.78 is 6.05. The number of ether oxygens (including phenoxy) is 1. The molecule has 2 N–H and O–H groups in total. The number of nitrogens with one attached hydrogen (secondary N) is 1. The van der Waals surface area contributed by atoms with Crippen molar-refractivity contribution in [1.82, 2.24) is 15.1 Å². The zero-order valence-electron chi connectivity index (χ0n) is 19.1. The van der Waals surface area contributed by atoms with Gasteiger partial charge in [-0.2, -0.15) is 5.10 Å². The van der Waals surface area contributed by atoms with Gasteiger partial charge in [-0.1, -0.05) is 42.5 Å². The average Bonchev–Trinajstić information content (AvgIpc) is 3.36. The van der Waals surface area contributed by atoms with Gasteiger partial charge in [0.2, 0.25) is 0 Å². The van der Waals surface area contributed by atoms with Crippen molar-refractivity contribution in [3.05, 3.63) is 107 Å². The van der Waals surface area contributed by atoms with Crippen molar-refractivity contribution in [2.45, 2.75) is 19.9 Å². The molecule has 1 aliphatic heterocycles. The van der Waals surface area contributed by atoms with Crippen molar-refractivity contribution in [2.75, 3.05) is 6.54 Å². The average molecular weight is 452 g/mol. The molecule has 0 bridgehead atoms. The van der Waals surface area contributed by atoms with Gasteiger partial charge >= 0.3 is 0 Å². The predicted molar refractivity (Wildman–Crippen MR) is 131 cm³/mol. The van der Waals surface area contributed by atoms with Gasteiger partial charge in [-0.15, -0.1) is 6.58 Å². The number of aromatic nitrogens is 2. The molecular formula is C28H25N3O3. The fourth-order valence-electron chi connectivity index (χ4n) is 4.59. The summed E-state index contributed by atoms with van der Waals surface area (Å²) in [5.74, 6) is 1.41. The molecule has 1 unspecified atom stereocenters. The number of fused-ring (bicyclic) bond motifs is 1. The highest BCUT2D eigenvalue weighted by Crippen LogP contribution is 2.45. The van der Waals surface area contributed by atoms with Gasteiger partial charge in [-0.25, -0.2) is 0 Å². The molecule has 0 radical (unpaired) electrons. The number of carbonyl (C=O) groups excluding carboxylic acids is 1. The van der Waals surface area contributed by atoms with Crippen LogP contribution in [0.25, 0.3) is 11.3 Å². The minimum atomic E-state index is -0.409. The molecule has 6 nitrogen and oxygen atoms in total. The lowest BCUT2D eigenvalue weighted by molar-refractivity contribution is 0.0764. The number of H-pyrrole nitrogens is 1. The van der Waals surface area contributed by atoms with Crippen LogP contribution in [0.1, 0.15) is 38.8 Å². The van der Waals surface area contributed by atoms with E-state index in [4.69, 9.17) is 4.74 Å². The first-order chi connectivity index (χ1) is 16.5. The van der Waals surface area contributed by atoms with Crippen molar-refractivity contribution in [1.29, 1.82) is 0 Å². The number of rotatable bonds is 6. The Bertz CT molecular complexity index is 1390. The van der Waals surface area contributed by atoms with E-state index in [0.29, 0.717) is 29.2 Å². The molecule has 2 heterocycles. The predicted octanol–water partition coefficient (Wildman–Crippen LogP) is 5.92. The lowest BCUT2D eigenvalue weighted by atomic mass is 9.94. The Kier molecular flexibility index (Phi) is 5.42. The topological polar surface area (TPSA) is 78.5 Å². The van der Waals surface area contributed by atoms with Crippen LogP contribution in [0.4, 0.5) is 0 Å². The summed E-state index contributed by atoms with van der Waals surface area (Å²) in [6.07, 6.45) is 1.71. The number of aromatic amines is 1. The molecule has 3 aromatic carbocycles. The third kappa shape index (κ3) is 3.63. The van der Waals surface area contributed by atoms with Crippen molar-refractivity contribution < 1.29 is 14.6 Å². The number of phenolic OH excluding ortho intramolecular Hbond substituents is 1. The summed E-state index contributed by atoms with van der Waals surface area (Å²) in [5.41, 5.74) is 4.98. The quantitative estimate of drug-likeness (QED) is 0.357. The van der Waals surface area contributed by atoms with Crippen LogP contribution in [0, 0.1) is 13.8 Å². The van der Waals surface area contributed by atoms with E-state index in [9.17, 15) is 9.90 Å². The van der Waals surface area contributed by atoms with E-state index in [1.165, 1.54) is 0 Å². The van der Waals surface area contributed by atoms with E-state index in [1.807, 2.05) is 80.6 Å². The first kappa shape index (κ1) is 21.5. The number of nitrogens with zero attached hydrogens (tertiary/aromatic N) is 2. The van der Waals surface area contributed by atoms with E-state index < -0.39 is 6.04 Å². The molecule has 0 saturated carbocycles. The number of benzene rings is 3. The Morgan fingerprint density at radius 1 is 1.09 bits per heavy atom. The van der Waals surface area contributed by atoms with Crippen molar-refractivity contribution in [2.24, 2.45) is 0 Å². The summed E-state index contributed by atoms with van der Waals surface area (Å²) in [6.45, 7) is 8.04. The van der Waals surface area contributed by atoms with Crippen LogP contribution in [-0.4, -0.2) is 32.7 Å². The minimum absolute atomic E-state index is 0.156. The van der Waals surface area contributed by atoms with Gasteiger partial charge in [-0.3, -0.25) is 9.89 Å². The van der Waals surface area contributed by atoms with Gasteiger partial charge in [0, 0.05) is 17.7 Å². The maximum atomic E-state index is 13.3. The molecule has 0 aliphatic carbocycles. The van der Waals surface area contributed by atoms with Crippen LogP contribution in [0.2, 0.25) is 0 Å². The Hall–Kier alpha value is -4.32. The number of hydrogen-bond acceptors (Lipinski definition) is 4. The smallest absolute Gasteiger partial charge is 0.273 e. The highest BCUT2D eigenvalue weighted by Gasteiger charge is 2.42. The van der Waals surface area contributed by atoms with E-state index in [2.05, 4.69) is 16.8 Å². The lowest BCUT2D eigenvalue weighted by Crippen LogP contribution is -2.29. The molecule has 1 amide bonds. The molecule has 1 aliphatic rings. The fourth-order valence-corrected chi connectivity index (χ4v) is 4.59. The van der Waals surface area contributed by atoms with Crippen LogP contribution in [0.3, 0.4) is 0 Å². The molecular weight excluding hydrogens is 426 g/mol. The van der Waals surface area contributed by atoms with E-state index in [0.717, 1.165) is 28.0 Å². The standard InChI is InChI=1S/C28H25N3O3/c1-4-13-31-26(19-9-8-12-21(16-19)34-20-10-6-5-7-11-20)23-24(29-30-25(23)28(31)33)22-15-17(2)14-18(3)27(22)32/h4-12,14-16,26,32H,1,13H2,2-3H3,(H,29,30). The van der Waals surface area contributed by atoms with Gasteiger partial charge in [0.25, 0.3) is 5.91 Å². The number of phenols is 1. The lowest BCUT2D eigenvalue weighted by Gasteiger charge is -2.25. The van der Waals surface area contributed by atoms with Gasteiger partial charge < -0.3 is 14.7 Å². The molecule has 0 fully saturated rings. The van der Waals surface area contributed by atoms with Crippen molar-refractivity contribution in [3.8, 4) is 28.5 Å². The molecule has 34 heavy (non-hydrogen) atoms. The third-order valence-electron chi connectivity index (χ3n) is 6.04. The fraction of sp³-hybridized carbons (Fsp3) is 0.143. The highest BCUT2D eigenvalue weighted by molar-refractivity contribution is 6.00. The maximum absolute atomic E-state index is 13.3. The molecule has 5 rings (SSSR count). The minimum Gasteiger partial charge on any atom is -0.507 e. The second kappa shape index (κ2) is 8.56. The summed E-state index contributed by atoms with van der Waals surface area (Å²) in [5, 5.41) is 18.2.